The van der Waals surface area contributed by atoms with E-state index in [0.29, 0.717) is 5.91 Å². The highest BCUT2D eigenvalue weighted by Crippen LogP contribution is 2.60. The van der Waals surface area contributed by atoms with Crippen molar-refractivity contribution in [1.29, 1.82) is 0 Å². The first-order valence-electron chi connectivity index (χ1n) is 7.35. The van der Waals surface area contributed by atoms with Crippen LogP contribution in [0.5, 0.6) is 0 Å². The van der Waals surface area contributed by atoms with Gasteiger partial charge in [-0.1, -0.05) is 34.8 Å². The van der Waals surface area contributed by atoms with E-state index in [2.05, 4.69) is 33.4 Å². The van der Waals surface area contributed by atoms with Crippen molar-refractivity contribution in [3.8, 4) is 0 Å². The normalized spacial score (nSPS) is 23.6. The van der Waals surface area contributed by atoms with E-state index in [-0.39, 0.29) is 11.5 Å². The molecule has 0 bridgehead atoms. The van der Waals surface area contributed by atoms with Gasteiger partial charge in [-0.2, -0.15) is 0 Å². The Hall–Kier alpha value is -1.13. The molecule has 2 heterocycles. The van der Waals surface area contributed by atoms with Gasteiger partial charge in [0.1, 0.15) is 0 Å². The van der Waals surface area contributed by atoms with Gasteiger partial charge in [0.25, 0.3) is 0 Å². The number of nitrogens with zero attached hydrogens (tertiary/aromatic N) is 1. The maximum atomic E-state index is 12.9. The first kappa shape index (κ1) is 13.5. The van der Waals surface area contributed by atoms with E-state index in [1.54, 1.807) is 11.3 Å². The Morgan fingerprint density at radius 2 is 1.86 bits per heavy atom. The van der Waals surface area contributed by atoms with E-state index in [1.165, 1.54) is 17.7 Å². The van der Waals surface area contributed by atoms with Crippen molar-refractivity contribution in [2.24, 2.45) is 5.41 Å². The van der Waals surface area contributed by atoms with Gasteiger partial charge in [0.05, 0.1) is 11.5 Å². The number of hydrogen-bond acceptors (Lipinski definition) is 2. The molecule has 1 spiro atoms. The van der Waals surface area contributed by atoms with Gasteiger partial charge in [-0.05, 0) is 48.6 Å². The highest BCUT2D eigenvalue weighted by molar-refractivity contribution is 9.10. The van der Waals surface area contributed by atoms with Crippen LogP contribution in [0.1, 0.15) is 36.6 Å². The molecule has 1 aromatic carbocycles. The third kappa shape index (κ3) is 1.92. The van der Waals surface area contributed by atoms with Gasteiger partial charge in [0.2, 0.25) is 5.91 Å². The summed E-state index contributed by atoms with van der Waals surface area (Å²) in [5.41, 5.74) is 0.886. The molecule has 1 aromatic heterocycles. The topological polar surface area (TPSA) is 20.3 Å². The van der Waals surface area contributed by atoms with Gasteiger partial charge < -0.3 is 4.90 Å². The number of anilines is 1. The predicted molar refractivity (Wildman–Crippen MR) is 89.6 cm³/mol. The van der Waals surface area contributed by atoms with Gasteiger partial charge in [0.15, 0.2) is 0 Å². The minimum Gasteiger partial charge on any atom is -0.302 e. The lowest BCUT2D eigenvalue weighted by molar-refractivity contribution is -0.139. The average Bonchev–Trinajstić information content (AvgIpc) is 3.18. The number of amides is 1. The first-order valence-corrected chi connectivity index (χ1v) is 9.02. The van der Waals surface area contributed by atoms with Crippen molar-refractivity contribution in [3.63, 3.8) is 0 Å². The summed E-state index contributed by atoms with van der Waals surface area (Å²) in [7, 11) is 0. The Labute approximate surface area is 136 Å². The molecule has 1 saturated heterocycles. The van der Waals surface area contributed by atoms with Gasteiger partial charge in [0, 0.05) is 15.0 Å². The van der Waals surface area contributed by atoms with E-state index in [1.807, 2.05) is 29.2 Å². The zero-order chi connectivity index (χ0) is 14.4. The van der Waals surface area contributed by atoms with E-state index >= 15 is 0 Å². The molecule has 108 valence electrons. The lowest BCUT2D eigenvalue weighted by Crippen LogP contribution is -2.62. The van der Waals surface area contributed by atoms with Crippen LogP contribution in [-0.4, -0.2) is 5.91 Å². The van der Waals surface area contributed by atoms with E-state index < -0.39 is 0 Å². The summed E-state index contributed by atoms with van der Waals surface area (Å²) in [5.74, 6) is 0.320. The number of halogens is 1. The van der Waals surface area contributed by atoms with E-state index in [4.69, 9.17) is 0 Å². The van der Waals surface area contributed by atoms with Gasteiger partial charge in [-0.15, -0.1) is 11.3 Å². The fraction of sp³-hybridized carbons (Fsp3) is 0.353. The highest BCUT2D eigenvalue weighted by atomic mass is 79.9. The Balaban J connectivity index is 1.76. The third-order valence-corrected chi connectivity index (χ3v) is 6.29. The third-order valence-electron chi connectivity index (χ3n) is 4.84. The number of hydrogen-bond donors (Lipinski definition) is 0. The molecular formula is C17H16BrNOS. The molecule has 1 aliphatic carbocycles. The van der Waals surface area contributed by atoms with Gasteiger partial charge in [-0.3, -0.25) is 4.79 Å². The molecule has 2 nitrogen and oxygen atoms in total. The Kier molecular flexibility index (Phi) is 3.19. The van der Waals surface area contributed by atoms with Crippen LogP contribution in [-0.2, 0) is 4.79 Å². The number of thiophene rings is 1. The van der Waals surface area contributed by atoms with Crippen LogP contribution >= 0.6 is 27.3 Å². The molecule has 0 unspecified atom stereocenters. The fourth-order valence-electron chi connectivity index (χ4n) is 3.86. The maximum absolute atomic E-state index is 12.9. The second kappa shape index (κ2) is 4.96. The second-order valence-corrected chi connectivity index (χ2v) is 7.83. The van der Waals surface area contributed by atoms with Crippen molar-refractivity contribution in [3.05, 3.63) is 51.1 Å². The molecule has 1 aliphatic heterocycles. The summed E-state index contributed by atoms with van der Waals surface area (Å²) in [6, 6.07) is 12.6. The number of carbonyl (C=O) groups excluding carboxylic acids is 1. The number of carbonyl (C=O) groups is 1. The molecule has 4 heteroatoms. The SMILES string of the molecule is O=C1N(c2ccc(Br)cc2)[C@H](c2cccs2)C12CCCC2. The molecule has 2 aliphatic rings. The average molecular weight is 362 g/mol. The lowest BCUT2D eigenvalue weighted by Gasteiger charge is -2.54. The fourth-order valence-corrected chi connectivity index (χ4v) is 5.06. The molecule has 2 fully saturated rings. The summed E-state index contributed by atoms with van der Waals surface area (Å²) in [5, 5.41) is 2.11. The standard InChI is InChI=1S/C17H16BrNOS/c18-12-5-7-13(8-6-12)19-15(14-4-3-11-21-14)17(16(19)20)9-1-2-10-17/h3-8,11,15H,1-2,9-10H2/t15-/m1/s1. The molecule has 21 heavy (non-hydrogen) atoms. The molecule has 4 rings (SSSR count). The molecule has 1 amide bonds. The van der Waals surface area contributed by atoms with Crippen LogP contribution < -0.4 is 4.90 Å². The summed E-state index contributed by atoms with van der Waals surface area (Å²) in [4.78, 5) is 16.2. The van der Waals surface area contributed by atoms with Crippen LogP contribution in [0.15, 0.2) is 46.3 Å². The van der Waals surface area contributed by atoms with Crippen LogP contribution in [0.2, 0.25) is 0 Å². The molecule has 2 aromatic rings. The minimum absolute atomic E-state index is 0.127. The quantitative estimate of drug-likeness (QED) is 0.676. The zero-order valence-electron chi connectivity index (χ0n) is 11.6. The Morgan fingerprint density at radius 1 is 1.14 bits per heavy atom. The van der Waals surface area contributed by atoms with Crippen molar-refractivity contribution < 1.29 is 4.79 Å². The highest BCUT2D eigenvalue weighted by Gasteiger charge is 2.62. The summed E-state index contributed by atoms with van der Waals surface area (Å²) in [6.07, 6.45) is 4.45. The van der Waals surface area contributed by atoms with Crippen molar-refractivity contribution in [2.75, 3.05) is 4.90 Å². The van der Waals surface area contributed by atoms with Gasteiger partial charge >= 0.3 is 0 Å². The minimum atomic E-state index is -0.127. The monoisotopic (exact) mass is 361 g/mol. The van der Waals surface area contributed by atoms with Crippen molar-refractivity contribution in [1.82, 2.24) is 0 Å². The van der Waals surface area contributed by atoms with E-state index in [0.717, 1.165) is 23.0 Å². The smallest absolute Gasteiger partial charge is 0.236 e. The number of benzene rings is 1. The van der Waals surface area contributed by atoms with Crippen LogP contribution in [0.4, 0.5) is 5.69 Å². The van der Waals surface area contributed by atoms with Crippen molar-refractivity contribution >= 4 is 38.9 Å². The maximum Gasteiger partial charge on any atom is 0.236 e. The number of β-lactam (4-membered cyclic amide) rings is 1. The summed E-state index contributed by atoms with van der Waals surface area (Å²) in [6.45, 7) is 0. The largest absolute Gasteiger partial charge is 0.302 e. The van der Waals surface area contributed by atoms with Crippen LogP contribution in [0.3, 0.4) is 0 Å². The number of rotatable bonds is 2. The van der Waals surface area contributed by atoms with Gasteiger partial charge in [-0.25, -0.2) is 0 Å². The van der Waals surface area contributed by atoms with Crippen LogP contribution in [0.25, 0.3) is 0 Å². The molecule has 0 N–H and O–H groups in total. The Morgan fingerprint density at radius 3 is 2.48 bits per heavy atom. The second-order valence-electron chi connectivity index (χ2n) is 5.93. The molecular weight excluding hydrogens is 346 g/mol. The molecule has 1 saturated carbocycles. The summed E-state index contributed by atoms with van der Waals surface area (Å²) < 4.78 is 1.04. The van der Waals surface area contributed by atoms with E-state index in [9.17, 15) is 4.79 Å². The Bertz CT molecular complexity index is 659. The lowest BCUT2D eigenvalue weighted by atomic mass is 9.68. The first-order chi connectivity index (χ1) is 10.2. The summed E-state index contributed by atoms with van der Waals surface area (Å²) >= 11 is 5.23. The molecule has 1 atom stereocenters. The molecule has 0 radical (unpaired) electrons. The van der Waals surface area contributed by atoms with Crippen LogP contribution in [0, 0.1) is 5.41 Å². The zero-order valence-corrected chi connectivity index (χ0v) is 14.0. The predicted octanol–water partition coefficient (Wildman–Crippen LogP) is 5.16. The van der Waals surface area contributed by atoms with Crippen molar-refractivity contribution in [2.45, 2.75) is 31.7 Å².